The predicted octanol–water partition coefficient (Wildman–Crippen LogP) is 1.91. The van der Waals surface area contributed by atoms with Crippen molar-refractivity contribution in [1.29, 1.82) is 0 Å². The topological polar surface area (TPSA) is 52.7 Å². The monoisotopic (exact) mass is 232 g/mol. The molecule has 0 aliphatic heterocycles. The van der Waals surface area contributed by atoms with Crippen molar-refractivity contribution in [2.75, 3.05) is 0 Å². The van der Waals surface area contributed by atoms with Crippen LogP contribution in [-0.2, 0) is 6.54 Å². The van der Waals surface area contributed by atoms with Gasteiger partial charge >= 0.3 is 0 Å². The molecule has 0 spiro atoms. The third-order valence-corrected chi connectivity index (χ3v) is 2.82. The molecule has 0 aliphatic rings. The highest BCUT2D eigenvalue weighted by Crippen LogP contribution is 2.10. The molecule has 1 atom stereocenters. The first-order valence-corrected chi connectivity index (χ1v) is 5.74. The van der Waals surface area contributed by atoms with E-state index in [0.29, 0.717) is 18.3 Å². The van der Waals surface area contributed by atoms with Crippen LogP contribution >= 0.6 is 0 Å². The van der Waals surface area contributed by atoms with Gasteiger partial charge in [0.25, 0.3) is 0 Å². The van der Waals surface area contributed by atoms with Crippen molar-refractivity contribution in [2.24, 2.45) is 0 Å². The van der Waals surface area contributed by atoms with Gasteiger partial charge in [-0.15, -0.1) is 0 Å². The van der Waals surface area contributed by atoms with Crippen LogP contribution in [0.2, 0.25) is 0 Å². The minimum atomic E-state index is 0.414. The van der Waals surface area contributed by atoms with Crippen LogP contribution in [0.3, 0.4) is 0 Å². The Morgan fingerprint density at radius 1 is 1.53 bits per heavy atom. The smallest absolute Gasteiger partial charge is 0.169 e. The van der Waals surface area contributed by atoms with Gasteiger partial charge in [-0.2, -0.15) is 5.10 Å². The SMILES string of the molecule is CCC(C)n1ccc(Cn2cnc(C=O)c2)n1. The van der Waals surface area contributed by atoms with Gasteiger partial charge in [-0.05, 0) is 19.4 Å². The van der Waals surface area contributed by atoms with Gasteiger partial charge in [0, 0.05) is 18.4 Å². The summed E-state index contributed by atoms with van der Waals surface area (Å²) in [5.74, 6) is 0. The first-order chi connectivity index (χ1) is 8.22. The van der Waals surface area contributed by atoms with Crippen molar-refractivity contribution in [3.8, 4) is 0 Å². The van der Waals surface area contributed by atoms with E-state index in [1.165, 1.54) is 0 Å². The molecule has 5 nitrogen and oxygen atoms in total. The Morgan fingerprint density at radius 3 is 3.00 bits per heavy atom. The highest BCUT2D eigenvalue weighted by Gasteiger charge is 2.05. The Kier molecular flexibility index (Phi) is 3.37. The van der Waals surface area contributed by atoms with E-state index in [4.69, 9.17) is 0 Å². The molecule has 0 aromatic carbocycles. The number of aromatic nitrogens is 4. The Labute approximate surface area is 100 Å². The van der Waals surface area contributed by atoms with Crippen LogP contribution in [0.25, 0.3) is 0 Å². The molecule has 0 aliphatic carbocycles. The molecule has 0 fully saturated rings. The number of rotatable bonds is 5. The highest BCUT2D eigenvalue weighted by atomic mass is 16.1. The maximum Gasteiger partial charge on any atom is 0.169 e. The average Bonchev–Trinajstić information content (AvgIpc) is 2.97. The third kappa shape index (κ3) is 2.61. The fourth-order valence-corrected chi connectivity index (χ4v) is 1.61. The van der Waals surface area contributed by atoms with E-state index >= 15 is 0 Å². The molecule has 0 saturated carbocycles. The normalized spacial score (nSPS) is 12.6. The van der Waals surface area contributed by atoms with Crippen LogP contribution in [0.1, 0.15) is 42.5 Å². The van der Waals surface area contributed by atoms with Crippen LogP contribution < -0.4 is 0 Å². The number of carbonyl (C=O) groups excluding carboxylic acids is 1. The number of nitrogens with zero attached hydrogens (tertiary/aromatic N) is 4. The molecule has 2 aromatic heterocycles. The summed E-state index contributed by atoms with van der Waals surface area (Å²) in [6.45, 7) is 4.92. The van der Waals surface area contributed by atoms with Crippen LogP contribution in [-0.4, -0.2) is 25.6 Å². The lowest BCUT2D eigenvalue weighted by molar-refractivity contribution is 0.111. The van der Waals surface area contributed by atoms with Gasteiger partial charge in [0.05, 0.1) is 18.6 Å². The fourth-order valence-electron chi connectivity index (χ4n) is 1.61. The van der Waals surface area contributed by atoms with Crippen molar-refractivity contribution in [2.45, 2.75) is 32.9 Å². The summed E-state index contributed by atoms with van der Waals surface area (Å²) in [5.41, 5.74) is 1.42. The summed E-state index contributed by atoms with van der Waals surface area (Å²) in [5, 5.41) is 4.49. The fraction of sp³-hybridized carbons (Fsp3) is 0.417. The molecule has 0 saturated heterocycles. The van der Waals surface area contributed by atoms with E-state index in [1.807, 2.05) is 21.5 Å². The molecular weight excluding hydrogens is 216 g/mol. The molecule has 0 bridgehead atoms. The Hall–Kier alpha value is -1.91. The molecule has 0 N–H and O–H groups in total. The molecule has 0 radical (unpaired) electrons. The largest absolute Gasteiger partial charge is 0.331 e. The van der Waals surface area contributed by atoms with Gasteiger partial charge in [0.15, 0.2) is 6.29 Å². The van der Waals surface area contributed by atoms with Crippen molar-refractivity contribution in [1.82, 2.24) is 19.3 Å². The second kappa shape index (κ2) is 4.95. The van der Waals surface area contributed by atoms with Gasteiger partial charge in [-0.3, -0.25) is 9.48 Å². The van der Waals surface area contributed by atoms with E-state index in [-0.39, 0.29) is 0 Å². The standard InChI is InChI=1S/C12H16N4O/c1-3-10(2)16-5-4-11(14-16)6-15-7-12(8-17)13-9-15/h4-5,7-10H,3,6H2,1-2H3. The number of hydrogen-bond acceptors (Lipinski definition) is 3. The Morgan fingerprint density at radius 2 is 2.35 bits per heavy atom. The van der Waals surface area contributed by atoms with Crippen molar-refractivity contribution in [3.63, 3.8) is 0 Å². The summed E-state index contributed by atoms with van der Waals surface area (Å²) in [6.07, 6.45) is 7.15. The molecule has 17 heavy (non-hydrogen) atoms. The predicted molar refractivity (Wildman–Crippen MR) is 63.9 cm³/mol. The summed E-state index contributed by atoms with van der Waals surface area (Å²) in [6, 6.07) is 2.41. The summed E-state index contributed by atoms with van der Waals surface area (Å²) in [4.78, 5) is 14.5. The van der Waals surface area contributed by atoms with E-state index < -0.39 is 0 Å². The maximum absolute atomic E-state index is 10.5. The summed E-state index contributed by atoms with van der Waals surface area (Å²) < 4.78 is 3.82. The second-order valence-electron chi connectivity index (χ2n) is 4.13. The van der Waals surface area contributed by atoms with Gasteiger partial charge in [0.1, 0.15) is 5.69 Å². The average molecular weight is 232 g/mol. The maximum atomic E-state index is 10.5. The lowest BCUT2D eigenvalue weighted by Gasteiger charge is -2.08. The van der Waals surface area contributed by atoms with Crippen molar-refractivity contribution in [3.05, 3.63) is 36.2 Å². The quantitative estimate of drug-likeness (QED) is 0.740. The Bertz CT molecular complexity index is 500. The minimum absolute atomic E-state index is 0.414. The first kappa shape index (κ1) is 11.6. The summed E-state index contributed by atoms with van der Waals surface area (Å²) in [7, 11) is 0. The molecule has 2 aromatic rings. The van der Waals surface area contributed by atoms with Crippen LogP contribution in [0.4, 0.5) is 0 Å². The van der Waals surface area contributed by atoms with Gasteiger partial charge in [0.2, 0.25) is 0 Å². The third-order valence-electron chi connectivity index (χ3n) is 2.82. The zero-order valence-electron chi connectivity index (χ0n) is 10.1. The minimum Gasteiger partial charge on any atom is -0.331 e. The number of imidazole rings is 1. The lowest BCUT2D eigenvalue weighted by atomic mass is 10.3. The van der Waals surface area contributed by atoms with Crippen LogP contribution in [0.15, 0.2) is 24.8 Å². The van der Waals surface area contributed by atoms with Crippen LogP contribution in [0.5, 0.6) is 0 Å². The van der Waals surface area contributed by atoms with E-state index in [1.54, 1.807) is 12.5 Å². The van der Waals surface area contributed by atoms with Crippen molar-refractivity contribution >= 4 is 6.29 Å². The molecule has 2 heterocycles. The highest BCUT2D eigenvalue weighted by molar-refractivity contribution is 5.70. The van der Waals surface area contributed by atoms with E-state index in [9.17, 15) is 4.79 Å². The number of carbonyl (C=O) groups is 1. The van der Waals surface area contributed by atoms with Gasteiger partial charge < -0.3 is 4.57 Å². The molecule has 0 amide bonds. The van der Waals surface area contributed by atoms with Crippen LogP contribution in [0, 0.1) is 0 Å². The van der Waals surface area contributed by atoms with Gasteiger partial charge in [-0.25, -0.2) is 4.98 Å². The lowest BCUT2D eigenvalue weighted by Crippen LogP contribution is -2.06. The van der Waals surface area contributed by atoms with Crippen molar-refractivity contribution < 1.29 is 4.79 Å². The van der Waals surface area contributed by atoms with E-state index in [2.05, 4.69) is 23.9 Å². The molecule has 90 valence electrons. The molecule has 1 unspecified atom stereocenters. The molecular formula is C12H16N4O. The second-order valence-corrected chi connectivity index (χ2v) is 4.13. The Balaban J connectivity index is 2.08. The molecule has 2 rings (SSSR count). The zero-order valence-corrected chi connectivity index (χ0v) is 10.1. The number of hydrogen-bond donors (Lipinski definition) is 0. The van der Waals surface area contributed by atoms with E-state index in [0.717, 1.165) is 18.4 Å². The zero-order chi connectivity index (χ0) is 12.3. The molecule has 5 heteroatoms. The first-order valence-electron chi connectivity index (χ1n) is 5.74. The summed E-state index contributed by atoms with van der Waals surface area (Å²) >= 11 is 0. The van der Waals surface area contributed by atoms with Gasteiger partial charge in [-0.1, -0.05) is 6.92 Å². The number of aldehydes is 1.